The molecule has 0 aliphatic carbocycles. The molecule has 1 N–H and O–H groups in total. The number of benzene rings is 1. The second-order valence-electron chi connectivity index (χ2n) is 4.89. The average molecular weight is 298 g/mol. The number of nitrogens with zero attached hydrogens (tertiary/aromatic N) is 1. The van der Waals surface area contributed by atoms with E-state index in [0.717, 1.165) is 0 Å². The SMILES string of the molecule is CN1CC(NC(=O)c2ccc(OC(F)F)cc2)CCC1=O. The summed E-state index contributed by atoms with van der Waals surface area (Å²) < 4.78 is 28.3. The molecule has 0 spiro atoms. The van der Waals surface area contributed by atoms with Crippen molar-refractivity contribution in [2.24, 2.45) is 0 Å². The van der Waals surface area contributed by atoms with E-state index in [2.05, 4.69) is 10.1 Å². The number of ether oxygens (including phenoxy) is 1. The van der Waals surface area contributed by atoms with Gasteiger partial charge in [-0.25, -0.2) is 0 Å². The number of carbonyl (C=O) groups excluding carboxylic acids is 2. The molecule has 114 valence electrons. The summed E-state index contributed by atoms with van der Waals surface area (Å²) in [6.45, 7) is -2.42. The van der Waals surface area contributed by atoms with Crippen LogP contribution in [0.2, 0.25) is 0 Å². The van der Waals surface area contributed by atoms with Gasteiger partial charge in [0.2, 0.25) is 5.91 Å². The Labute approximate surface area is 120 Å². The molecule has 1 saturated heterocycles. The molecule has 7 heteroatoms. The number of hydrogen-bond donors (Lipinski definition) is 1. The molecule has 21 heavy (non-hydrogen) atoms. The maximum atomic E-state index is 12.0. The van der Waals surface area contributed by atoms with E-state index in [1.807, 2.05) is 0 Å². The maximum Gasteiger partial charge on any atom is 0.387 e. The molecule has 2 amide bonds. The summed E-state index contributed by atoms with van der Waals surface area (Å²) in [6.07, 6.45) is 1.00. The quantitative estimate of drug-likeness (QED) is 0.919. The summed E-state index contributed by atoms with van der Waals surface area (Å²) in [6, 6.07) is 5.38. The van der Waals surface area contributed by atoms with Gasteiger partial charge < -0.3 is 15.0 Å². The van der Waals surface area contributed by atoms with Crippen molar-refractivity contribution >= 4 is 11.8 Å². The number of carbonyl (C=O) groups is 2. The number of halogens is 2. The van der Waals surface area contributed by atoms with E-state index in [4.69, 9.17) is 0 Å². The van der Waals surface area contributed by atoms with Gasteiger partial charge in [0, 0.05) is 31.6 Å². The van der Waals surface area contributed by atoms with E-state index in [1.165, 1.54) is 24.3 Å². The van der Waals surface area contributed by atoms with Crippen molar-refractivity contribution in [3.8, 4) is 5.75 Å². The molecule has 1 aromatic carbocycles. The molecule has 1 aromatic rings. The first kappa shape index (κ1) is 15.2. The van der Waals surface area contributed by atoms with E-state index < -0.39 is 6.61 Å². The van der Waals surface area contributed by atoms with Crippen LogP contribution in [0.4, 0.5) is 8.78 Å². The largest absolute Gasteiger partial charge is 0.435 e. The van der Waals surface area contributed by atoms with Crippen LogP contribution in [0.3, 0.4) is 0 Å². The maximum absolute atomic E-state index is 12.0. The van der Waals surface area contributed by atoms with Crippen LogP contribution in [0.15, 0.2) is 24.3 Å². The lowest BCUT2D eigenvalue weighted by Gasteiger charge is -2.30. The fraction of sp³-hybridized carbons (Fsp3) is 0.429. The number of piperidine rings is 1. The first-order valence-corrected chi connectivity index (χ1v) is 6.55. The molecule has 1 heterocycles. The average Bonchev–Trinajstić information content (AvgIpc) is 2.43. The highest BCUT2D eigenvalue weighted by Gasteiger charge is 2.24. The van der Waals surface area contributed by atoms with Gasteiger partial charge in [-0.05, 0) is 30.7 Å². The van der Waals surface area contributed by atoms with Crippen molar-refractivity contribution in [3.05, 3.63) is 29.8 Å². The molecule has 1 unspecified atom stereocenters. The van der Waals surface area contributed by atoms with E-state index in [-0.39, 0.29) is 23.6 Å². The molecule has 1 atom stereocenters. The Kier molecular flexibility index (Phi) is 4.72. The summed E-state index contributed by atoms with van der Waals surface area (Å²) in [5.74, 6) is -0.232. The van der Waals surface area contributed by atoms with Crippen molar-refractivity contribution in [1.82, 2.24) is 10.2 Å². The Bertz CT molecular complexity index is 519. The summed E-state index contributed by atoms with van der Waals surface area (Å²) in [7, 11) is 1.69. The summed E-state index contributed by atoms with van der Waals surface area (Å²) in [5.41, 5.74) is 0.358. The van der Waals surface area contributed by atoms with Gasteiger partial charge in [0.25, 0.3) is 5.91 Å². The van der Waals surface area contributed by atoms with Gasteiger partial charge in [-0.1, -0.05) is 0 Å². The number of nitrogens with one attached hydrogen (secondary N) is 1. The Balaban J connectivity index is 1.92. The lowest BCUT2D eigenvalue weighted by atomic mass is 10.1. The zero-order chi connectivity index (χ0) is 15.4. The van der Waals surface area contributed by atoms with Crippen LogP contribution in [0.25, 0.3) is 0 Å². The van der Waals surface area contributed by atoms with Crippen LogP contribution in [0.1, 0.15) is 23.2 Å². The fourth-order valence-corrected chi connectivity index (χ4v) is 2.19. The molecular formula is C14H16F2N2O3. The molecule has 1 fully saturated rings. The number of amides is 2. The van der Waals surface area contributed by atoms with Gasteiger partial charge in [-0.2, -0.15) is 8.78 Å². The molecule has 0 radical (unpaired) electrons. The van der Waals surface area contributed by atoms with Crippen molar-refractivity contribution in [2.75, 3.05) is 13.6 Å². The highest BCUT2D eigenvalue weighted by molar-refractivity contribution is 5.94. The standard InChI is InChI=1S/C14H16F2N2O3/c1-18-8-10(4-7-12(18)19)17-13(20)9-2-5-11(6-3-9)21-14(15)16/h2-3,5-6,10,14H,4,7-8H2,1H3,(H,17,20). The highest BCUT2D eigenvalue weighted by Crippen LogP contribution is 2.16. The van der Waals surface area contributed by atoms with Crippen LogP contribution >= 0.6 is 0 Å². The second-order valence-corrected chi connectivity index (χ2v) is 4.89. The third-order valence-electron chi connectivity index (χ3n) is 3.30. The molecule has 5 nitrogen and oxygen atoms in total. The van der Waals surface area contributed by atoms with Crippen molar-refractivity contribution in [1.29, 1.82) is 0 Å². The molecule has 0 aromatic heterocycles. The number of hydrogen-bond acceptors (Lipinski definition) is 3. The number of rotatable bonds is 4. The van der Waals surface area contributed by atoms with Gasteiger partial charge in [0.05, 0.1) is 0 Å². The topological polar surface area (TPSA) is 58.6 Å². The van der Waals surface area contributed by atoms with E-state index in [0.29, 0.717) is 24.9 Å². The van der Waals surface area contributed by atoms with E-state index in [1.54, 1.807) is 11.9 Å². The summed E-state index contributed by atoms with van der Waals surface area (Å²) in [5, 5.41) is 2.82. The Morgan fingerprint density at radius 2 is 2.05 bits per heavy atom. The Morgan fingerprint density at radius 1 is 1.38 bits per heavy atom. The van der Waals surface area contributed by atoms with Crippen LogP contribution in [-0.2, 0) is 4.79 Å². The lowest BCUT2D eigenvalue weighted by Crippen LogP contribution is -2.48. The van der Waals surface area contributed by atoms with E-state index >= 15 is 0 Å². The highest BCUT2D eigenvalue weighted by atomic mass is 19.3. The smallest absolute Gasteiger partial charge is 0.387 e. The number of likely N-dealkylation sites (tertiary alicyclic amines) is 1. The molecular weight excluding hydrogens is 282 g/mol. The van der Waals surface area contributed by atoms with Gasteiger partial charge in [0.1, 0.15) is 5.75 Å². The van der Waals surface area contributed by atoms with E-state index in [9.17, 15) is 18.4 Å². The van der Waals surface area contributed by atoms with Crippen LogP contribution < -0.4 is 10.1 Å². The predicted molar refractivity (Wildman–Crippen MR) is 71.2 cm³/mol. The minimum Gasteiger partial charge on any atom is -0.435 e. The summed E-state index contributed by atoms with van der Waals surface area (Å²) in [4.78, 5) is 25.0. The molecule has 0 saturated carbocycles. The molecule has 0 bridgehead atoms. The Morgan fingerprint density at radius 3 is 2.62 bits per heavy atom. The minimum absolute atomic E-state index is 0.00421. The van der Waals surface area contributed by atoms with Gasteiger partial charge in [0.15, 0.2) is 0 Å². The molecule has 2 rings (SSSR count). The fourth-order valence-electron chi connectivity index (χ4n) is 2.19. The minimum atomic E-state index is -2.89. The Hall–Kier alpha value is -2.18. The lowest BCUT2D eigenvalue weighted by molar-refractivity contribution is -0.132. The van der Waals surface area contributed by atoms with Gasteiger partial charge in [-0.15, -0.1) is 0 Å². The summed E-state index contributed by atoms with van der Waals surface area (Å²) >= 11 is 0. The zero-order valence-corrected chi connectivity index (χ0v) is 11.5. The van der Waals surface area contributed by atoms with Gasteiger partial charge >= 0.3 is 6.61 Å². The number of likely N-dealkylation sites (N-methyl/N-ethyl adjacent to an activating group) is 1. The third kappa shape index (κ3) is 4.14. The monoisotopic (exact) mass is 298 g/mol. The first-order chi connectivity index (χ1) is 9.95. The van der Waals surface area contributed by atoms with Crippen molar-refractivity contribution < 1.29 is 23.1 Å². The van der Waals surface area contributed by atoms with Crippen LogP contribution in [-0.4, -0.2) is 43.0 Å². The molecule has 1 aliphatic rings. The van der Waals surface area contributed by atoms with Crippen molar-refractivity contribution in [3.63, 3.8) is 0 Å². The second kappa shape index (κ2) is 6.51. The number of alkyl halides is 2. The van der Waals surface area contributed by atoms with Crippen LogP contribution in [0.5, 0.6) is 5.75 Å². The normalized spacial score (nSPS) is 18.8. The third-order valence-corrected chi connectivity index (χ3v) is 3.30. The van der Waals surface area contributed by atoms with Crippen molar-refractivity contribution in [2.45, 2.75) is 25.5 Å². The zero-order valence-electron chi connectivity index (χ0n) is 11.5. The van der Waals surface area contributed by atoms with Crippen LogP contribution in [0, 0.1) is 0 Å². The first-order valence-electron chi connectivity index (χ1n) is 6.55. The predicted octanol–water partition coefficient (Wildman–Crippen LogP) is 1.64. The van der Waals surface area contributed by atoms with Gasteiger partial charge in [-0.3, -0.25) is 9.59 Å². The molecule has 1 aliphatic heterocycles.